The summed E-state index contributed by atoms with van der Waals surface area (Å²) in [4.78, 5) is 41.4. The lowest BCUT2D eigenvalue weighted by Crippen LogP contribution is -2.47. The predicted octanol–water partition coefficient (Wildman–Crippen LogP) is 6.21. The van der Waals surface area contributed by atoms with E-state index < -0.39 is 22.3 Å². The maximum atomic E-state index is 12.9. The molecule has 9 nitrogen and oxygen atoms in total. The van der Waals surface area contributed by atoms with Gasteiger partial charge in [-0.15, -0.1) is 0 Å². The van der Waals surface area contributed by atoms with Gasteiger partial charge in [0.05, 0.1) is 21.5 Å². The molecule has 0 atom stereocenters. The van der Waals surface area contributed by atoms with Crippen LogP contribution in [-0.2, 0) is 21.5 Å². The number of carboxylic acid groups (broad SMARTS) is 2. The molecule has 0 saturated heterocycles. The molecule has 220 valence electrons. The molecule has 2 N–H and O–H groups in total. The molecule has 0 amide bonds. The lowest BCUT2D eigenvalue weighted by molar-refractivity contribution is -0.385. The highest BCUT2D eigenvalue weighted by atomic mass is 16.6. The van der Waals surface area contributed by atoms with Gasteiger partial charge in [-0.25, -0.2) is 9.59 Å². The van der Waals surface area contributed by atoms with Gasteiger partial charge in [0.25, 0.3) is 5.69 Å². The summed E-state index contributed by atoms with van der Waals surface area (Å²) >= 11 is 0. The van der Waals surface area contributed by atoms with Crippen LogP contribution in [0.15, 0.2) is 77.1 Å². The van der Waals surface area contributed by atoms with Crippen molar-refractivity contribution in [2.24, 2.45) is 5.41 Å². The predicted molar refractivity (Wildman–Crippen MR) is 158 cm³/mol. The average molecular weight is 564 g/mol. The van der Waals surface area contributed by atoms with E-state index in [1.807, 2.05) is 18.2 Å². The van der Waals surface area contributed by atoms with Crippen LogP contribution in [-0.4, -0.2) is 56.5 Å². The molecule has 0 radical (unpaired) electrons. The second kappa shape index (κ2) is 12.7. The summed E-state index contributed by atoms with van der Waals surface area (Å²) in [5, 5.41) is 33.1. The van der Waals surface area contributed by atoms with Crippen LogP contribution in [0.3, 0.4) is 0 Å². The van der Waals surface area contributed by atoms with Crippen molar-refractivity contribution < 1.29 is 24.7 Å². The number of hydrogen-bond donors (Lipinski definition) is 2. The molecule has 1 heterocycles. The zero-order valence-corrected chi connectivity index (χ0v) is 24.8. The Balaban J connectivity index is 2.06. The number of allylic oxidation sites excluding steroid dienone is 2. The van der Waals surface area contributed by atoms with Gasteiger partial charge in [0.15, 0.2) is 0 Å². The summed E-state index contributed by atoms with van der Waals surface area (Å²) < 4.78 is 0. The van der Waals surface area contributed by atoms with Crippen molar-refractivity contribution in [3.8, 4) is 0 Å². The quantitative estimate of drug-likeness (QED) is 0.218. The molecule has 9 heteroatoms. The zero-order valence-electron chi connectivity index (χ0n) is 24.8. The SMILES string of the molecule is CCN(CCC(C)(C)CN1C(C)=C(C(=O)O)C(CC)(c2ccccc2[N+](=O)[O-])C(C(=O)O)=C1C)Cc1ccccc1. The third kappa shape index (κ3) is 6.35. The van der Waals surface area contributed by atoms with E-state index in [0.29, 0.717) is 17.9 Å². The molecule has 0 unspecified atom stereocenters. The van der Waals surface area contributed by atoms with Crippen LogP contribution >= 0.6 is 0 Å². The first-order valence-corrected chi connectivity index (χ1v) is 14.0. The zero-order chi connectivity index (χ0) is 30.5. The molecule has 41 heavy (non-hydrogen) atoms. The number of rotatable bonds is 13. The molecule has 0 saturated carbocycles. The second-order valence-corrected chi connectivity index (χ2v) is 11.4. The van der Waals surface area contributed by atoms with Crippen LogP contribution in [0, 0.1) is 15.5 Å². The van der Waals surface area contributed by atoms with Crippen molar-refractivity contribution in [3.63, 3.8) is 0 Å². The Hall–Kier alpha value is -3.98. The van der Waals surface area contributed by atoms with E-state index >= 15 is 0 Å². The number of benzene rings is 2. The molecule has 0 spiro atoms. The molecule has 0 aliphatic carbocycles. The van der Waals surface area contributed by atoms with Gasteiger partial charge >= 0.3 is 11.9 Å². The van der Waals surface area contributed by atoms with Gasteiger partial charge in [-0.1, -0.05) is 76.2 Å². The summed E-state index contributed by atoms with van der Waals surface area (Å²) in [6, 6.07) is 16.1. The lowest BCUT2D eigenvalue weighted by atomic mass is 9.63. The Labute approximate surface area is 241 Å². The summed E-state index contributed by atoms with van der Waals surface area (Å²) in [5.41, 5.74) is -0.535. The van der Waals surface area contributed by atoms with Crippen LogP contribution in [0.5, 0.6) is 0 Å². The normalized spacial score (nSPS) is 15.4. The van der Waals surface area contributed by atoms with E-state index in [0.717, 1.165) is 26.1 Å². The Bertz CT molecular complexity index is 1320. The monoisotopic (exact) mass is 563 g/mol. The second-order valence-electron chi connectivity index (χ2n) is 11.4. The maximum absolute atomic E-state index is 12.9. The van der Waals surface area contributed by atoms with Crippen molar-refractivity contribution in [1.29, 1.82) is 0 Å². The third-order valence-electron chi connectivity index (χ3n) is 8.29. The first-order valence-electron chi connectivity index (χ1n) is 14.0. The van der Waals surface area contributed by atoms with Gasteiger partial charge in [0.1, 0.15) is 0 Å². The minimum Gasteiger partial charge on any atom is -0.478 e. The van der Waals surface area contributed by atoms with Crippen LogP contribution in [0.2, 0.25) is 0 Å². The first kappa shape index (κ1) is 31.5. The highest BCUT2D eigenvalue weighted by Gasteiger charge is 2.53. The van der Waals surface area contributed by atoms with Crippen molar-refractivity contribution in [2.75, 3.05) is 19.6 Å². The summed E-state index contributed by atoms with van der Waals surface area (Å²) in [7, 11) is 0. The van der Waals surface area contributed by atoms with Crippen molar-refractivity contribution in [1.82, 2.24) is 9.80 Å². The fraction of sp³-hybridized carbons (Fsp3) is 0.438. The van der Waals surface area contributed by atoms with Crippen molar-refractivity contribution in [2.45, 2.75) is 66.3 Å². The summed E-state index contributed by atoms with van der Waals surface area (Å²) in [6.45, 7) is 14.2. The van der Waals surface area contributed by atoms with E-state index in [2.05, 4.69) is 37.8 Å². The highest BCUT2D eigenvalue weighted by Crippen LogP contribution is 2.52. The fourth-order valence-electron chi connectivity index (χ4n) is 6.14. The van der Waals surface area contributed by atoms with E-state index in [1.165, 1.54) is 23.8 Å². The van der Waals surface area contributed by atoms with E-state index in [4.69, 9.17) is 0 Å². The number of nitro groups is 1. The fourth-order valence-corrected chi connectivity index (χ4v) is 6.14. The standard InChI is InChI=1S/C32H41N3O6/c1-7-32(25-16-12-13-17-26(25)35(40)41)27(29(36)37)22(3)34(23(4)28(32)30(38)39)21-31(5,6)18-19-33(8-2)20-24-14-10-9-11-15-24/h9-17H,7-8,18-21H2,1-6H3,(H,36,37)(H,38,39). The number of nitro benzene ring substituents is 1. The Morgan fingerprint density at radius 1 is 0.951 bits per heavy atom. The molecule has 0 aromatic heterocycles. The molecular weight excluding hydrogens is 522 g/mol. The Morgan fingerprint density at radius 2 is 1.49 bits per heavy atom. The Morgan fingerprint density at radius 3 is 1.98 bits per heavy atom. The average Bonchev–Trinajstić information content (AvgIpc) is 2.92. The van der Waals surface area contributed by atoms with E-state index in [-0.39, 0.29) is 34.2 Å². The third-order valence-corrected chi connectivity index (χ3v) is 8.29. The first-order chi connectivity index (χ1) is 19.3. The molecule has 2 aromatic carbocycles. The van der Waals surface area contributed by atoms with Crippen LogP contribution < -0.4 is 0 Å². The van der Waals surface area contributed by atoms with Crippen LogP contribution in [0.25, 0.3) is 0 Å². The van der Waals surface area contributed by atoms with E-state index in [1.54, 1.807) is 31.7 Å². The maximum Gasteiger partial charge on any atom is 0.334 e. The van der Waals surface area contributed by atoms with Gasteiger partial charge in [-0.05, 0) is 50.8 Å². The molecule has 1 aliphatic heterocycles. The molecule has 0 fully saturated rings. The highest BCUT2D eigenvalue weighted by molar-refractivity contribution is 6.01. The number of aliphatic carboxylic acids is 2. The van der Waals surface area contributed by atoms with Gasteiger partial charge in [-0.2, -0.15) is 0 Å². The number of carbonyl (C=O) groups is 2. The smallest absolute Gasteiger partial charge is 0.334 e. The number of hydrogen-bond acceptors (Lipinski definition) is 6. The topological polar surface area (TPSA) is 124 Å². The van der Waals surface area contributed by atoms with Crippen molar-refractivity contribution in [3.05, 3.63) is 98.4 Å². The molecular formula is C32H41N3O6. The molecule has 1 aliphatic rings. The number of carboxylic acids is 2. The number of para-hydroxylation sites is 1. The van der Waals surface area contributed by atoms with E-state index in [9.17, 15) is 29.9 Å². The molecule has 0 bridgehead atoms. The van der Waals surface area contributed by atoms with Crippen LogP contribution in [0.4, 0.5) is 5.69 Å². The van der Waals surface area contributed by atoms with Gasteiger partial charge < -0.3 is 15.1 Å². The summed E-state index contributed by atoms with van der Waals surface area (Å²) in [6.07, 6.45) is 0.816. The van der Waals surface area contributed by atoms with Crippen molar-refractivity contribution >= 4 is 17.6 Å². The largest absolute Gasteiger partial charge is 0.478 e. The van der Waals surface area contributed by atoms with Gasteiger partial charge in [0, 0.05) is 36.1 Å². The minimum absolute atomic E-state index is 0.0258. The summed E-state index contributed by atoms with van der Waals surface area (Å²) in [5.74, 6) is -2.59. The Kier molecular flexibility index (Phi) is 9.76. The molecule has 3 rings (SSSR count). The minimum atomic E-state index is -1.70. The lowest BCUT2D eigenvalue weighted by Gasteiger charge is -2.46. The van der Waals surface area contributed by atoms with Crippen LogP contribution in [0.1, 0.15) is 65.5 Å². The van der Waals surface area contributed by atoms with Gasteiger partial charge in [-0.3, -0.25) is 15.0 Å². The molecule has 2 aromatic rings. The van der Waals surface area contributed by atoms with Gasteiger partial charge in [0.2, 0.25) is 0 Å². The number of nitrogens with zero attached hydrogens (tertiary/aromatic N) is 3.